The fourth-order valence-corrected chi connectivity index (χ4v) is 3.44. The molecule has 0 atom stereocenters. The zero-order valence-corrected chi connectivity index (χ0v) is 12.6. The van der Waals surface area contributed by atoms with E-state index in [-0.39, 0.29) is 30.3 Å². The van der Waals surface area contributed by atoms with Crippen LogP contribution in [-0.2, 0) is 14.8 Å². The van der Waals surface area contributed by atoms with Crippen LogP contribution in [0.1, 0.15) is 0 Å². The number of sulfonamides is 1. The van der Waals surface area contributed by atoms with Crippen molar-refractivity contribution in [1.29, 1.82) is 0 Å². The Bertz CT molecular complexity index is 667. The summed E-state index contributed by atoms with van der Waals surface area (Å²) >= 11 is 0. The molecule has 22 heavy (non-hydrogen) atoms. The van der Waals surface area contributed by atoms with Crippen molar-refractivity contribution in [3.8, 4) is 5.75 Å². The van der Waals surface area contributed by atoms with Crippen molar-refractivity contribution in [1.82, 2.24) is 4.31 Å². The number of hydrogen-bond acceptors (Lipinski definition) is 6. The van der Waals surface area contributed by atoms with Gasteiger partial charge in [-0.2, -0.15) is 4.31 Å². The van der Waals surface area contributed by atoms with Crippen LogP contribution in [0, 0.1) is 10.1 Å². The molecule has 1 saturated heterocycles. The number of nitrogens with zero attached hydrogens (tertiary/aromatic N) is 2. The molecule has 120 valence electrons. The van der Waals surface area contributed by atoms with E-state index in [0.29, 0.717) is 13.2 Å². The fraction of sp³-hybridized carbons (Fsp3) is 0.385. The lowest BCUT2D eigenvalue weighted by Gasteiger charge is -2.26. The largest absolute Gasteiger partial charge is 0.483 e. The molecule has 9 heteroatoms. The summed E-state index contributed by atoms with van der Waals surface area (Å²) in [6.45, 7) is 4.62. The van der Waals surface area contributed by atoms with E-state index in [0.717, 1.165) is 6.07 Å². The number of morpholine rings is 1. The second-order valence-corrected chi connectivity index (χ2v) is 6.44. The van der Waals surface area contributed by atoms with Crippen LogP contribution in [0.2, 0.25) is 0 Å². The summed E-state index contributed by atoms with van der Waals surface area (Å²) in [6.07, 6.45) is 1.45. The molecule has 0 radical (unpaired) electrons. The molecule has 1 fully saturated rings. The molecular formula is C13H16N2O6S. The van der Waals surface area contributed by atoms with Gasteiger partial charge in [0, 0.05) is 19.2 Å². The minimum atomic E-state index is -3.78. The van der Waals surface area contributed by atoms with E-state index in [1.807, 2.05) is 0 Å². The van der Waals surface area contributed by atoms with Crippen molar-refractivity contribution in [2.24, 2.45) is 0 Å². The van der Waals surface area contributed by atoms with Crippen LogP contribution < -0.4 is 4.74 Å². The van der Waals surface area contributed by atoms with Crippen LogP contribution >= 0.6 is 0 Å². The van der Waals surface area contributed by atoms with Gasteiger partial charge < -0.3 is 9.47 Å². The molecular weight excluding hydrogens is 312 g/mol. The summed E-state index contributed by atoms with van der Waals surface area (Å²) in [5, 5.41) is 11.1. The Morgan fingerprint density at radius 1 is 1.41 bits per heavy atom. The van der Waals surface area contributed by atoms with Crippen molar-refractivity contribution >= 4 is 15.7 Å². The third kappa shape index (κ3) is 3.43. The summed E-state index contributed by atoms with van der Waals surface area (Å²) in [4.78, 5) is 10.3. The number of rotatable bonds is 6. The topological polar surface area (TPSA) is 99.0 Å². The predicted octanol–water partition coefficient (Wildman–Crippen LogP) is 1.18. The molecule has 0 aromatic heterocycles. The number of nitro benzene ring substituents is 1. The van der Waals surface area contributed by atoms with Crippen molar-refractivity contribution < 1.29 is 22.8 Å². The Morgan fingerprint density at radius 3 is 2.68 bits per heavy atom. The zero-order chi connectivity index (χ0) is 16.2. The van der Waals surface area contributed by atoms with Gasteiger partial charge in [-0.3, -0.25) is 10.1 Å². The molecule has 0 spiro atoms. The summed E-state index contributed by atoms with van der Waals surface area (Å²) in [6, 6.07) is 3.61. The quantitative estimate of drug-likeness (QED) is 0.442. The lowest BCUT2D eigenvalue weighted by atomic mass is 10.3. The molecule has 8 nitrogen and oxygen atoms in total. The molecule has 0 bridgehead atoms. The van der Waals surface area contributed by atoms with E-state index < -0.39 is 20.6 Å². The Balaban J connectivity index is 2.36. The molecule has 1 heterocycles. The van der Waals surface area contributed by atoms with Gasteiger partial charge in [0.1, 0.15) is 6.61 Å². The monoisotopic (exact) mass is 328 g/mol. The fourth-order valence-electron chi connectivity index (χ4n) is 2.01. The van der Waals surface area contributed by atoms with Crippen molar-refractivity contribution in [2.75, 3.05) is 32.9 Å². The highest BCUT2D eigenvalue weighted by Crippen LogP contribution is 2.31. The molecule has 0 unspecified atom stereocenters. The van der Waals surface area contributed by atoms with Gasteiger partial charge in [-0.05, 0) is 12.1 Å². The summed E-state index contributed by atoms with van der Waals surface area (Å²) < 4.78 is 36.5. The van der Waals surface area contributed by atoms with Crippen LogP contribution in [0.4, 0.5) is 5.69 Å². The maximum atomic E-state index is 12.5. The van der Waals surface area contributed by atoms with E-state index >= 15 is 0 Å². The molecule has 2 rings (SSSR count). The van der Waals surface area contributed by atoms with Crippen LogP contribution in [0.3, 0.4) is 0 Å². The summed E-state index contributed by atoms with van der Waals surface area (Å²) in [7, 11) is -3.78. The van der Waals surface area contributed by atoms with Gasteiger partial charge in [-0.25, -0.2) is 8.42 Å². The van der Waals surface area contributed by atoms with Crippen molar-refractivity contribution in [2.45, 2.75) is 4.90 Å². The molecule has 0 N–H and O–H groups in total. The molecule has 1 aromatic carbocycles. The second-order valence-electron chi connectivity index (χ2n) is 4.50. The summed E-state index contributed by atoms with van der Waals surface area (Å²) in [5.74, 6) is 0.00540. The van der Waals surface area contributed by atoms with Crippen molar-refractivity contribution in [3.63, 3.8) is 0 Å². The maximum Gasteiger partial charge on any atom is 0.312 e. The Labute approximate surface area is 128 Å². The SMILES string of the molecule is C=CCOc1ccc(S(=O)(=O)N2CCOCC2)cc1[N+](=O)[O-]. The Hall–Kier alpha value is -1.97. The van der Waals surface area contributed by atoms with Gasteiger partial charge in [-0.1, -0.05) is 12.7 Å². The Morgan fingerprint density at radius 2 is 2.09 bits per heavy atom. The predicted molar refractivity (Wildman–Crippen MR) is 78.4 cm³/mol. The minimum Gasteiger partial charge on any atom is -0.483 e. The number of nitro groups is 1. The van der Waals surface area contributed by atoms with E-state index in [2.05, 4.69) is 6.58 Å². The average molecular weight is 328 g/mol. The molecule has 1 aromatic rings. The van der Waals surface area contributed by atoms with Crippen molar-refractivity contribution in [3.05, 3.63) is 41.0 Å². The van der Waals surface area contributed by atoms with E-state index in [1.54, 1.807) is 0 Å². The van der Waals surface area contributed by atoms with Crippen LogP contribution in [0.5, 0.6) is 5.75 Å². The number of ether oxygens (including phenoxy) is 2. The smallest absolute Gasteiger partial charge is 0.312 e. The highest BCUT2D eigenvalue weighted by molar-refractivity contribution is 7.89. The van der Waals surface area contributed by atoms with Gasteiger partial charge >= 0.3 is 5.69 Å². The van der Waals surface area contributed by atoms with Gasteiger partial charge in [0.15, 0.2) is 5.75 Å². The van der Waals surface area contributed by atoms with E-state index in [9.17, 15) is 18.5 Å². The third-order valence-corrected chi connectivity index (χ3v) is 4.99. The molecule has 0 amide bonds. The highest BCUT2D eigenvalue weighted by atomic mass is 32.2. The van der Waals surface area contributed by atoms with Gasteiger partial charge in [0.25, 0.3) is 0 Å². The van der Waals surface area contributed by atoms with Crippen LogP contribution in [-0.4, -0.2) is 50.6 Å². The first-order valence-electron chi connectivity index (χ1n) is 6.57. The van der Waals surface area contributed by atoms with Gasteiger partial charge in [-0.15, -0.1) is 0 Å². The standard InChI is InChI=1S/C13H16N2O6S/c1-2-7-21-13-4-3-11(10-12(13)15(16)17)22(18,19)14-5-8-20-9-6-14/h2-4,10H,1,5-9H2. The first-order valence-corrected chi connectivity index (χ1v) is 8.01. The first-order chi connectivity index (χ1) is 10.5. The second kappa shape index (κ2) is 6.86. The average Bonchev–Trinajstić information content (AvgIpc) is 2.53. The van der Waals surface area contributed by atoms with E-state index in [1.165, 1.54) is 22.5 Å². The molecule has 1 aliphatic heterocycles. The highest BCUT2D eigenvalue weighted by Gasteiger charge is 2.29. The Kier molecular flexibility index (Phi) is 5.11. The van der Waals surface area contributed by atoms with Crippen LogP contribution in [0.15, 0.2) is 35.7 Å². The van der Waals surface area contributed by atoms with Gasteiger partial charge in [0.2, 0.25) is 10.0 Å². The molecule has 1 aliphatic rings. The molecule has 0 saturated carbocycles. The molecule has 0 aliphatic carbocycles. The maximum absolute atomic E-state index is 12.5. The van der Waals surface area contributed by atoms with Crippen LogP contribution in [0.25, 0.3) is 0 Å². The zero-order valence-electron chi connectivity index (χ0n) is 11.8. The van der Waals surface area contributed by atoms with E-state index in [4.69, 9.17) is 9.47 Å². The number of benzene rings is 1. The lowest BCUT2D eigenvalue weighted by molar-refractivity contribution is -0.386. The van der Waals surface area contributed by atoms with Gasteiger partial charge in [0.05, 0.1) is 23.0 Å². The lowest BCUT2D eigenvalue weighted by Crippen LogP contribution is -2.40. The first kappa shape index (κ1) is 16.4. The number of hydrogen-bond donors (Lipinski definition) is 0. The summed E-state index contributed by atoms with van der Waals surface area (Å²) in [5.41, 5.74) is -0.392. The minimum absolute atomic E-state index is 0.00540. The third-order valence-electron chi connectivity index (χ3n) is 3.09. The normalized spacial score (nSPS) is 16.2.